The van der Waals surface area contributed by atoms with Crippen LogP contribution in [0.5, 0.6) is 0 Å². The molecule has 1 N–H and O–H groups in total. The summed E-state index contributed by atoms with van der Waals surface area (Å²) in [6, 6.07) is 6.80. The predicted molar refractivity (Wildman–Crippen MR) is 88.8 cm³/mol. The Morgan fingerprint density at radius 3 is 2.54 bits per heavy atom. The first-order valence-electron chi connectivity index (χ1n) is 8.20. The highest BCUT2D eigenvalue weighted by atomic mass is 19.1. The summed E-state index contributed by atoms with van der Waals surface area (Å²) in [5, 5.41) is 2.91. The number of benzene rings is 1. The second-order valence-corrected chi connectivity index (χ2v) is 6.56. The van der Waals surface area contributed by atoms with Gasteiger partial charge in [0.1, 0.15) is 5.82 Å². The topological polar surface area (TPSA) is 58.6 Å². The number of nitrogens with one attached hydrogen (secondary N) is 1. The molecule has 1 aliphatic carbocycles. The summed E-state index contributed by atoms with van der Waals surface area (Å²) in [7, 11) is 4.01. The molecule has 2 rings (SSSR count). The minimum absolute atomic E-state index is 0.0506. The minimum Gasteiger partial charge on any atom is -0.456 e. The van der Waals surface area contributed by atoms with Crippen LogP contribution in [0.15, 0.2) is 24.3 Å². The van der Waals surface area contributed by atoms with Gasteiger partial charge in [0.05, 0.1) is 0 Å². The number of esters is 1. The number of amides is 1. The van der Waals surface area contributed by atoms with Gasteiger partial charge < -0.3 is 10.1 Å². The van der Waals surface area contributed by atoms with E-state index < -0.39 is 5.97 Å². The molecule has 5 nitrogen and oxygen atoms in total. The van der Waals surface area contributed by atoms with E-state index in [0.717, 1.165) is 31.2 Å². The number of halogens is 1. The predicted octanol–water partition coefficient (Wildman–Crippen LogP) is 2.20. The fourth-order valence-electron chi connectivity index (χ4n) is 3.45. The van der Waals surface area contributed by atoms with Crippen LogP contribution in [0.2, 0.25) is 0 Å². The van der Waals surface area contributed by atoms with E-state index in [2.05, 4.69) is 10.2 Å². The number of hydrogen-bond acceptors (Lipinski definition) is 4. The third-order valence-corrected chi connectivity index (χ3v) is 4.80. The summed E-state index contributed by atoms with van der Waals surface area (Å²) >= 11 is 0. The Morgan fingerprint density at radius 1 is 1.33 bits per heavy atom. The summed E-state index contributed by atoms with van der Waals surface area (Å²) in [6.45, 7) is 1.03. The van der Waals surface area contributed by atoms with Crippen LogP contribution in [-0.4, -0.2) is 43.5 Å². The second kappa shape index (κ2) is 7.75. The molecule has 132 valence electrons. The zero-order chi connectivity index (χ0) is 17.7. The van der Waals surface area contributed by atoms with Crippen LogP contribution in [0.1, 0.15) is 38.2 Å². The van der Waals surface area contributed by atoms with Crippen molar-refractivity contribution in [3.8, 4) is 0 Å². The van der Waals surface area contributed by atoms with Crippen LogP contribution in [0.4, 0.5) is 4.39 Å². The molecule has 0 aromatic heterocycles. The Morgan fingerprint density at radius 2 is 2.00 bits per heavy atom. The molecule has 1 aromatic carbocycles. The fourth-order valence-corrected chi connectivity index (χ4v) is 3.45. The van der Waals surface area contributed by atoms with Gasteiger partial charge >= 0.3 is 5.97 Å². The highest BCUT2D eigenvalue weighted by Crippen LogP contribution is 2.41. The van der Waals surface area contributed by atoms with Crippen molar-refractivity contribution in [3.05, 3.63) is 35.6 Å². The molecule has 1 fully saturated rings. The number of ether oxygens (including phenoxy) is 1. The number of carbonyl (C=O) groups excluding carboxylic acids is 2. The van der Waals surface area contributed by atoms with E-state index in [4.69, 9.17) is 4.74 Å². The van der Waals surface area contributed by atoms with Crippen LogP contribution in [0, 0.1) is 5.82 Å². The largest absolute Gasteiger partial charge is 0.456 e. The van der Waals surface area contributed by atoms with Crippen molar-refractivity contribution in [3.63, 3.8) is 0 Å². The van der Waals surface area contributed by atoms with Crippen LogP contribution in [-0.2, 0) is 19.9 Å². The minimum atomic E-state index is -0.466. The SMILES string of the molecule is CC(=O)OCC(=O)NC1CCC(c2cccc(F)c2)(N(C)C)CC1. The van der Waals surface area contributed by atoms with Gasteiger partial charge in [0.2, 0.25) is 0 Å². The Kier molecular flexibility index (Phi) is 5.94. The molecule has 0 radical (unpaired) electrons. The molecular formula is C18H25FN2O3. The normalized spacial score (nSPS) is 23.8. The van der Waals surface area contributed by atoms with E-state index in [-0.39, 0.29) is 29.9 Å². The van der Waals surface area contributed by atoms with E-state index in [0.29, 0.717) is 0 Å². The molecule has 1 aliphatic rings. The summed E-state index contributed by atoms with van der Waals surface area (Å²) in [4.78, 5) is 24.7. The smallest absolute Gasteiger partial charge is 0.303 e. The fraction of sp³-hybridized carbons (Fsp3) is 0.556. The lowest BCUT2D eigenvalue weighted by atomic mass is 9.74. The summed E-state index contributed by atoms with van der Waals surface area (Å²) in [5.41, 5.74) is 0.747. The first kappa shape index (κ1) is 18.4. The number of rotatable bonds is 5. The van der Waals surface area contributed by atoms with Gasteiger partial charge in [-0.05, 0) is 57.5 Å². The van der Waals surface area contributed by atoms with Gasteiger partial charge in [-0.25, -0.2) is 4.39 Å². The van der Waals surface area contributed by atoms with E-state index in [1.807, 2.05) is 20.2 Å². The molecule has 1 amide bonds. The van der Waals surface area contributed by atoms with Crippen molar-refractivity contribution < 1.29 is 18.7 Å². The molecular weight excluding hydrogens is 311 g/mol. The molecule has 0 spiro atoms. The second-order valence-electron chi connectivity index (χ2n) is 6.56. The maximum atomic E-state index is 13.6. The Hall–Kier alpha value is -1.95. The van der Waals surface area contributed by atoms with Crippen molar-refractivity contribution in [1.29, 1.82) is 0 Å². The monoisotopic (exact) mass is 336 g/mol. The van der Waals surface area contributed by atoms with Gasteiger partial charge in [0.15, 0.2) is 6.61 Å². The molecule has 6 heteroatoms. The van der Waals surface area contributed by atoms with Crippen molar-refractivity contribution >= 4 is 11.9 Å². The highest BCUT2D eigenvalue weighted by molar-refractivity contribution is 5.80. The van der Waals surface area contributed by atoms with Gasteiger partial charge in [-0.15, -0.1) is 0 Å². The summed E-state index contributed by atoms with van der Waals surface area (Å²) in [5.74, 6) is -0.977. The lowest BCUT2D eigenvalue weighted by Crippen LogP contribution is -2.49. The average molecular weight is 336 g/mol. The summed E-state index contributed by atoms with van der Waals surface area (Å²) in [6.07, 6.45) is 3.23. The van der Waals surface area contributed by atoms with E-state index in [1.165, 1.54) is 13.0 Å². The van der Waals surface area contributed by atoms with E-state index in [1.54, 1.807) is 12.1 Å². The Bertz CT molecular complexity index is 596. The van der Waals surface area contributed by atoms with Crippen molar-refractivity contribution in [1.82, 2.24) is 10.2 Å². The molecule has 0 unspecified atom stereocenters. The molecule has 0 saturated heterocycles. The molecule has 0 aliphatic heterocycles. The first-order chi connectivity index (χ1) is 11.3. The van der Waals surface area contributed by atoms with E-state index >= 15 is 0 Å². The number of hydrogen-bond donors (Lipinski definition) is 1. The molecule has 1 aromatic rings. The third kappa shape index (κ3) is 4.32. The van der Waals surface area contributed by atoms with Crippen molar-refractivity contribution in [2.24, 2.45) is 0 Å². The molecule has 0 atom stereocenters. The molecule has 1 saturated carbocycles. The standard InChI is InChI=1S/C18H25FN2O3/c1-13(22)24-12-17(23)20-16-7-9-18(10-8-16,21(2)3)14-5-4-6-15(19)11-14/h4-6,11,16H,7-10,12H2,1-3H3,(H,20,23). The van der Waals surface area contributed by atoms with Crippen LogP contribution >= 0.6 is 0 Å². The van der Waals surface area contributed by atoms with Gasteiger partial charge in [0.25, 0.3) is 5.91 Å². The lowest BCUT2D eigenvalue weighted by Gasteiger charge is -2.45. The van der Waals surface area contributed by atoms with Crippen LogP contribution in [0.3, 0.4) is 0 Å². The maximum Gasteiger partial charge on any atom is 0.303 e. The zero-order valence-corrected chi connectivity index (χ0v) is 14.5. The Labute approximate surface area is 142 Å². The Balaban J connectivity index is 2.00. The average Bonchev–Trinajstić information content (AvgIpc) is 2.53. The third-order valence-electron chi connectivity index (χ3n) is 4.80. The van der Waals surface area contributed by atoms with Crippen molar-refractivity contribution in [2.45, 2.75) is 44.2 Å². The number of carbonyl (C=O) groups is 2. The molecule has 24 heavy (non-hydrogen) atoms. The first-order valence-corrected chi connectivity index (χ1v) is 8.20. The van der Waals surface area contributed by atoms with Gasteiger partial charge in [0, 0.05) is 18.5 Å². The lowest BCUT2D eigenvalue weighted by molar-refractivity contribution is -0.146. The zero-order valence-electron chi connectivity index (χ0n) is 14.5. The highest BCUT2D eigenvalue weighted by Gasteiger charge is 2.39. The molecule has 0 heterocycles. The van der Waals surface area contributed by atoms with Crippen molar-refractivity contribution in [2.75, 3.05) is 20.7 Å². The summed E-state index contributed by atoms with van der Waals surface area (Å²) < 4.78 is 18.3. The van der Waals surface area contributed by atoms with Gasteiger partial charge in [-0.1, -0.05) is 12.1 Å². The molecule has 0 bridgehead atoms. The van der Waals surface area contributed by atoms with Crippen LogP contribution in [0.25, 0.3) is 0 Å². The maximum absolute atomic E-state index is 13.6. The van der Waals surface area contributed by atoms with Gasteiger partial charge in [-0.3, -0.25) is 14.5 Å². The number of nitrogens with zero attached hydrogens (tertiary/aromatic N) is 1. The van der Waals surface area contributed by atoms with Gasteiger partial charge in [-0.2, -0.15) is 0 Å². The quantitative estimate of drug-likeness (QED) is 0.838. The van der Waals surface area contributed by atoms with Crippen LogP contribution < -0.4 is 5.32 Å². The van der Waals surface area contributed by atoms with E-state index in [9.17, 15) is 14.0 Å².